The van der Waals surface area contributed by atoms with E-state index in [0.29, 0.717) is 11.9 Å². The van der Waals surface area contributed by atoms with Crippen molar-refractivity contribution >= 4 is 0 Å². The minimum atomic E-state index is 0.584. The highest BCUT2D eigenvalue weighted by molar-refractivity contribution is 4.86. The summed E-state index contributed by atoms with van der Waals surface area (Å²) in [5, 5.41) is 7.61. The molecule has 5 heteroatoms. The molecule has 0 saturated carbocycles. The van der Waals surface area contributed by atoms with E-state index in [9.17, 15) is 0 Å². The van der Waals surface area contributed by atoms with Gasteiger partial charge in [-0.1, -0.05) is 19.0 Å². The first kappa shape index (κ1) is 13.5. The molecule has 2 rings (SSSR count). The van der Waals surface area contributed by atoms with E-state index in [1.165, 1.54) is 12.8 Å². The third-order valence-corrected chi connectivity index (χ3v) is 3.25. The van der Waals surface area contributed by atoms with Gasteiger partial charge in [-0.3, -0.25) is 4.90 Å². The van der Waals surface area contributed by atoms with Gasteiger partial charge in [0.2, 0.25) is 5.89 Å². The van der Waals surface area contributed by atoms with Gasteiger partial charge in [0.25, 0.3) is 0 Å². The van der Waals surface area contributed by atoms with E-state index in [-0.39, 0.29) is 0 Å². The van der Waals surface area contributed by atoms with Crippen LogP contribution in [0, 0.1) is 12.8 Å². The largest absolute Gasteiger partial charge is 0.340 e. The van der Waals surface area contributed by atoms with Crippen molar-refractivity contribution in [3.63, 3.8) is 0 Å². The zero-order valence-electron chi connectivity index (χ0n) is 11.6. The molecule has 5 nitrogen and oxygen atoms in total. The fraction of sp³-hybridized carbons (Fsp3) is 0.846. The van der Waals surface area contributed by atoms with Crippen LogP contribution in [-0.2, 0) is 6.54 Å². The molecule has 102 valence electrons. The van der Waals surface area contributed by atoms with Gasteiger partial charge in [-0.05, 0) is 31.8 Å². The average Bonchev–Trinajstić information content (AvgIpc) is 2.56. The highest BCUT2D eigenvalue weighted by Gasteiger charge is 2.19. The Kier molecular flexibility index (Phi) is 4.72. The van der Waals surface area contributed by atoms with Crippen LogP contribution in [0.3, 0.4) is 0 Å². The molecule has 2 heterocycles. The van der Waals surface area contributed by atoms with Crippen molar-refractivity contribution in [3.05, 3.63) is 11.7 Å². The maximum Gasteiger partial charge on any atom is 0.223 e. The Morgan fingerprint density at radius 3 is 3.00 bits per heavy atom. The second kappa shape index (κ2) is 6.29. The van der Waals surface area contributed by atoms with Crippen LogP contribution in [0.25, 0.3) is 0 Å². The number of nitrogens with one attached hydrogen (secondary N) is 1. The van der Waals surface area contributed by atoms with Crippen LogP contribution in [0.1, 0.15) is 38.4 Å². The Morgan fingerprint density at radius 1 is 1.50 bits per heavy atom. The second-order valence-electron chi connectivity index (χ2n) is 5.60. The van der Waals surface area contributed by atoms with Gasteiger partial charge >= 0.3 is 0 Å². The molecular weight excluding hydrogens is 228 g/mol. The van der Waals surface area contributed by atoms with Gasteiger partial charge in [-0.15, -0.1) is 0 Å². The number of aryl methyl sites for hydroxylation is 1. The van der Waals surface area contributed by atoms with Crippen molar-refractivity contribution in [1.29, 1.82) is 0 Å². The first-order chi connectivity index (χ1) is 8.63. The van der Waals surface area contributed by atoms with Crippen LogP contribution >= 0.6 is 0 Å². The van der Waals surface area contributed by atoms with E-state index in [1.54, 1.807) is 0 Å². The summed E-state index contributed by atoms with van der Waals surface area (Å²) in [5.41, 5.74) is 0. The molecule has 1 aliphatic heterocycles. The Hall–Kier alpha value is -0.940. The minimum absolute atomic E-state index is 0.584. The number of nitrogens with zero attached hydrogens (tertiary/aromatic N) is 3. The molecule has 0 aromatic carbocycles. The molecule has 1 aromatic rings. The van der Waals surface area contributed by atoms with Gasteiger partial charge in [0.1, 0.15) is 0 Å². The van der Waals surface area contributed by atoms with Crippen molar-refractivity contribution in [3.8, 4) is 0 Å². The molecule has 1 aliphatic rings. The summed E-state index contributed by atoms with van der Waals surface area (Å²) in [6.07, 6.45) is 2.41. The summed E-state index contributed by atoms with van der Waals surface area (Å²) >= 11 is 0. The smallest absolute Gasteiger partial charge is 0.223 e. The zero-order valence-corrected chi connectivity index (χ0v) is 11.6. The van der Waals surface area contributed by atoms with Gasteiger partial charge in [-0.2, -0.15) is 4.98 Å². The summed E-state index contributed by atoms with van der Waals surface area (Å²) in [7, 11) is 0. The van der Waals surface area contributed by atoms with E-state index in [1.807, 2.05) is 6.92 Å². The third-order valence-electron chi connectivity index (χ3n) is 3.25. The molecule has 1 aromatic heterocycles. The lowest BCUT2D eigenvalue weighted by molar-refractivity contribution is 0.238. The van der Waals surface area contributed by atoms with E-state index >= 15 is 0 Å². The normalized spacial score (nSPS) is 22.3. The molecule has 1 atom stereocenters. The fourth-order valence-electron chi connectivity index (χ4n) is 2.55. The minimum Gasteiger partial charge on any atom is -0.340 e. The number of aromatic nitrogens is 2. The maximum atomic E-state index is 5.03. The van der Waals surface area contributed by atoms with Crippen molar-refractivity contribution in [2.45, 2.75) is 46.2 Å². The van der Waals surface area contributed by atoms with Gasteiger partial charge in [0, 0.05) is 19.5 Å². The molecule has 1 fully saturated rings. The van der Waals surface area contributed by atoms with Gasteiger partial charge in [-0.25, -0.2) is 0 Å². The van der Waals surface area contributed by atoms with Gasteiger partial charge < -0.3 is 9.84 Å². The number of hydrogen-bond donors (Lipinski definition) is 1. The van der Waals surface area contributed by atoms with E-state index < -0.39 is 0 Å². The van der Waals surface area contributed by atoms with E-state index in [0.717, 1.165) is 37.9 Å². The molecule has 1 N–H and O–H groups in total. The maximum absolute atomic E-state index is 5.03. The predicted molar refractivity (Wildman–Crippen MR) is 70.2 cm³/mol. The van der Waals surface area contributed by atoms with Crippen molar-refractivity contribution in [2.24, 2.45) is 5.92 Å². The SMILES string of the molecule is Cc1nc(CN2CCCNC(CC(C)C)C2)no1. The second-order valence-corrected chi connectivity index (χ2v) is 5.60. The standard InChI is InChI=1S/C13H24N4O/c1-10(2)7-12-8-17(6-4-5-14-12)9-13-15-11(3)18-16-13/h10,12,14H,4-9H2,1-3H3. The van der Waals surface area contributed by atoms with E-state index in [4.69, 9.17) is 4.52 Å². The highest BCUT2D eigenvalue weighted by atomic mass is 16.5. The lowest BCUT2D eigenvalue weighted by atomic mass is 10.0. The predicted octanol–water partition coefficient (Wildman–Crippen LogP) is 1.59. The first-order valence-corrected chi connectivity index (χ1v) is 6.88. The highest BCUT2D eigenvalue weighted by Crippen LogP contribution is 2.11. The summed E-state index contributed by atoms with van der Waals surface area (Å²) in [6.45, 7) is 10.5. The van der Waals surface area contributed by atoms with E-state index in [2.05, 4.69) is 34.2 Å². The Bertz CT molecular complexity index is 364. The molecule has 0 aliphatic carbocycles. The van der Waals surface area contributed by atoms with Crippen LogP contribution in [0.4, 0.5) is 0 Å². The Labute approximate surface area is 109 Å². The Balaban J connectivity index is 1.90. The molecule has 18 heavy (non-hydrogen) atoms. The number of hydrogen-bond acceptors (Lipinski definition) is 5. The molecule has 0 radical (unpaired) electrons. The zero-order chi connectivity index (χ0) is 13.0. The summed E-state index contributed by atoms with van der Waals surface area (Å²) in [6, 6.07) is 0.584. The average molecular weight is 252 g/mol. The summed E-state index contributed by atoms with van der Waals surface area (Å²) < 4.78 is 5.03. The quantitative estimate of drug-likeness (QED) is 0.882. The van der Waals surface area contributed by atoms with Gasteiger partial charge in [0.15, 0.2) is 5.82 Å². The summed E-state index contributed by atoms with van der Waals surface area (Å²) in [4.78, 5) is 6.71. The molecule has 0 spiro atoms. The Morgan fingerprint density at radius 2 is 2.33 bits per heavy atom. The topological polar surface area (TPSA) is 54.2 Å². The summed E-state index contributed by atoms with van der Waals surface area (Å²) in [5.74, 6) is 2.18. The van der Waals surface area contributed by atoms with Crippen LogP contribution < -0.4 is 5.32 Å². The molecule has 0 amide bonds. The number of rotatable bonds is 4. The van der Waals surface area contributed by atoms with Crippen LogP contribution in [-0.4, -0.2) is 40.7 Å². The molecule has 1 saturated heterocycles. The molecule has 0 bridgehead atoms. The van der Waals surface area contributed by atoms with Crippen molar-refractivity contribution in [2.75, 3.05) is 19.6 Å². The van der Waals surface area contributed by atoms with Crippen molar-refractivity contribution < 1.29 is 4.52 Å². The van der Waals surface area contributed by atoms with Crippen LogP contribution in [0.15, 0.2) is 4.52 Å². The third kappa shape index (κ3) is 4.07. The molecular formula is C13H24N4O. The van der Waals surface area contributed by atoms with Crippen molar-refractivity contribution in [1.82, 2.24) is 20.4 Å². The van der Waals surface area contributed by atoms with Gasteiger partial charge in [0.05, 0.1) is 6.54 Å². The lowest BCUT2D eigenvalue weighted by Crippen LogP contribution is -2.38. The monoisotopic (exact) mass is 252 g/mol. The van der Waals surface area contributed by atoms with Crippen LogP contribution in [0.2, 0.25) is 0 Å². The lowest BCUT2D eigenvalue weighted by Gasteiger charge is -2.24. The first-order valence-electron chi connectivity index (χ1n) is 6.88. The van der Waals surface area contributed by atoms with Crippen LogP contribution in [0.5, 0.6) is 0 Å². The molecule has 1 unspecified atom stereocenters. The fourth-order valence-corrected chi connectivity index (χ4v) is 2.55.